The maximum Gasteiger partial charge on any atom is 0.127 e. The van der Waals surface area contributed by atoms with Gasteiger partial charge in [-0.25, -0.2) is 0 Å². The summed E-state index contributed by atoms with van der Waals surface area (Å²) in [6.45, 7) is 3.04. The van der Waals surface area contributed by atoms with E-state index in [1.807, 2.05) is 18.2 Å². The third kappa shape index (κ3) is 2.44. The Balaban J connectivity index is 1.60. The van der Waals surface area contributed by atoms with Crippen LogP contribution in [0.15, 0.2) is 18.2 Å². The highest BCUT2D eigenvalue weighted by atomic mass is 16.5. The van der Waals surface area contributed by atoms with Gasteiger partial charge in [-0.15, -0.1) is 0 Å². The Labute approximate surface area is 107 Å². The van der Waals surface area contributed by atoms with Crippen LogP contribution in [-0.4, -0.2) is 26.4 Å². The summed E-state index contributed by atoms with van der Waals surface area (Å²) in [5.41, 5.74) is 6.98. The summed E-state index contributed by atoms with van der Waals surface area (Å²) < 4.78 is 16.7. The van der Waals surface area contributed by atoms with E-state index >= 15 is 0 Å². The summed E-state index contributed by atoms with van der Waals surface area (Å²) in [7, 11) is 0. The SMILES string of the molecule is NC1COc2cc(OCC3CCOCC3)ccc21. The molecule has 2 heterocycles. The van der Waals surface area contributed by atoms with Gasteiger partial charge in [0.05, 0.1) is 12.6 Å². The molecule has 2 aliphatic rings. The lowest BCUT2D eigenvalue weighted by Gasteiger charge is -2.22. The van der Waals surface area contributed by atoms with Crippen molar-refractivity contribution in [1.29, 1.82) is 0 Å². The number of rotatable bonds is 3. The number of hydrogen-bond acceptors (Lipinski definition) is 4. The minimum atomic E-state index is 0.00421. The second-order valence-corrected chi connectivity index (χ2v) is 4.98. The van der Waals surface area contributed by atoms with Gasteiger partial charge < -0.3 is 19.9 Å². The molecule has 1 aromatic rings. The predicted octanol–water partition coefficient (Wildman–Crippen LogP) is 1.88. The molecule has 0 aliphatic carbocycles. The van der Waals surface area contributed by atoms with E-state index in [0.717, 1.165) is 49.7 Å². The molecule has 4 heteroatoms. The zero-order chi connectivity index (χ0) is 12.4. The molecule has 2 N–H and O–H groups in total. The molecule has 4 nitrogen and oxygen atoms in total. The highest BCUT2D eigenvalue weighted by Crippen LogP contribution is 2.34. The van der Waals surface area contributed by atoms with Gasteiger partial charge in [-0.2, -0.15) is 0 Å². The van der Waals surface area contributed by atoms with Crippen molar-refractivity contribution in [2.45, 2.75) is 18.9 Å². The van der Waals surface area contributed by atoms with E-state index in [1.54, 1.807) is 0 Å². The van der Waals surface area contributed by atoms with Crippen LogP contribution in [0.2, 0.25) is 0 Å². The first-order valence-electron chi connectivity index (χ1n) is 6.56. The summed E-state index contributed by atoms with van der Waals surface area (Å²) in [5.74, 6) is 2.34. The minimum absolute atomic E-state index is 0.00421. The average Bonchev–Trinajstić information content (AvgIpc) is 2.79. The van der Waals surface area contributed by atoms with E-state index in [1.165, 1.54) is 0 Å². The Hall–Kier alpha value is -1.26. The van der Waals surface area contributed by atoms with Gasteiger partial charge >= 0.3 is 0 Å². The molecule has 1 saturated heterocycles. The molecule has 18 heavy (non-hydrogen) atoms. The molecule has 0 radical (unpaired) electrons. The van der Waals surface area contributed by atoms with Crippen molar-refractivity contribution in [2.75, 3.05) is 26.4 Å². The lowest BCUT2D eigenvalue weighted by Crippen LogP contribution is -2.21. The van der Waals surface area contributed by atoms with Crippen LogP contribution < -0.4 is 15.2 Å². The van der Waals surface area contributed by atoms with E-state index in [4.69, 9.17) is 19.9 Å². The minimum Gasteiger partial charge on any atom is -0.493 e. The number of benzene rings is 1. The van der Waals surface area contributed by atoms with Crippen LogP contribution in [0.1, 0.15) is 24.4 Å². The lowest BCUT2D eigenvalue weighted by atomic mass is 10.0. The smallest absolute Gasteiger partial charge is 0.127 e. The molecule has 0 saturated carbocycles. The van der Waals surface area contributed by atoms with E-state index in [0.29, 0.717) is 12.5 Å². The third-order valence-corrected chi connectivity index (χ3v) is 3.63. The molecule has 0 spiro atoms. The molecule has 3 rings (SSSR count). The first-order chi connectivity index (χ1) is 8.83. The molecule has 1 atom stereocenters. The van der Waals surface area contributed by atoms with E-state index in [9.17, 15) is 0 Å². The molecule has 2 aliphatic heterocycles. The molecule has 1 fully saturated rings. The molecule has 1 aromatic carbocycles. The lowest BCUT2D eigenvalue weighted by molar-refractivity contribution is 0.0497. The maximum atomic E-state index is 5.91. The van der Waals surface area contributed by atoms with E-state index in [2.05, 4.69) is 0 Å². The number of nitrogens with two attached hydrogens (primary N) is 1. The second-order valence-electron chi connectivity index (χ2n) is 4.98. The quantitative estimate of drug-likeness (QED) is 0.888. The normalized spacial score (nSPS) is 23.5. The summed E-state index contributed by atoms with van der Waals surface area (Å²) >= 11 is 0. The Morgan fingerprint density at radius 3 is 2.94 bits per heavy atom. The van der Waals surface area contributed by atoms with Crippen molar-refractivity contribution in [3.05, 3.63) is 23.8 Å². The fourth-order valence-electron chi connectivity index (χ4n) is 2.43. The zero-order valence-electron chi connectivity index (χ0n) is 10.4. The molecular weight excluding hydrogens is 230 g/mol. The van der Waals surface area contributed by atoms with Crippen molar-refractivity contribution < 1.29 is 14.2 Å². The maximum absolute atomic E-state index is 5.91. The molecular formula is C14H19NO3. The predicted molar refractivity (Wildman–Crippen MR) is 67.9 cm³/mol. The number of fused-ring (bicyclic) bond motifs is 1. The number of hydrogen-bond donors (Lipinski definition) is 1. The first kappa shape index (κ1) is 11.8. The van der Waals surface area contributed by atoms with Crippen LogP contribution in [-0.2, 0) is 4.74 Å². The fourth-order valence-corrected chi connectivity index (χ4v) is 2.43. The standard InChI is InChI=1S/C14H19NO3/c15-13-9-18-14-7-11(1-2-12(13)14)17-8-10-3-5-16-6-4-10/h1-2,7,10,13H,3-6,8-9,15H2. The van der Waals surface area contributed by atoms with Gasteiger partial charge in [-0.05, 0) is 30.9 Å². The average molecular weight is 249 g/mol. The monoisotopic (exact) mass is 249 g/mol. The van der Waals surface area contributed by atoms with Crippen LogP contribution in [0, 0.1) is 5.92 Å². The van der Waals surface area contributed by atoms with Crippen LogP contribution in [0.5, 0.6) is 11.5 Å². The summed E-state index contributed by atoms with van der Waals surface area (Å²) in [5, 5.41) is 0. The van der Waals surface area contributed by atoms with Crippen LogP contribution in [0.25, 0.3) is 0 Å². The highest BCUT2D eigenvalue weighted by Gasteiger charge is 2.21. The summed E-state index contributed by atoms with van der Waals surface area (Å²) in [6, 6.07) is 5.94. The molecule has 0 aromatic heterocycles. The summed E-state index contributed by atoms with van der Waals surface area (Å²) in [6.07, 6.45) is 2.18. The van der Waals surface area contributed by atoms with Gasteiger partial charge in [-0.3, -0.25) is 0 Å². The van der Waals surface area contributed by atoms with Crippen molar-refractivity contribution >= 4 is 0 Å². The Bertz CT molecular complexity index is 416. The van der Waals surface area contributed by atoms with Gasteiger partial charge in [0, 0.05) is 24.8 Å². The Morgan fingerprint density at radius 1 is 1.28 bits per heavy atom. The Morgan fingerprint density at radius 2 is 2.11 bits per heavy atom. The van der Waals surface area contributed by atoms with Crippen LogP contribution in [0.4, 0.5) is 0 Å². The van der Waals surface area contributed by atoms with Gasteiger partial charge in [0.1, 0.15) is 18.1 Å². The van der Waals surface area contributed by atoms with E-state index < -0.39 is 0 Å². The molecule has 98 valence electrons. The molecule has 0 amide bonds. The van der Waals surface area contributed by atoms with Crippen molar-refractivity contribution in [1.82, 2.24) is 0 Å². The van der Waals surface area contributed by atoms with Crippen LogP contribution >= 0.6 is 0 Å². The first-order valence-corrected chi connectivity index (χ1v) is 6.56. The van der Waals surface area contributed by atoms with Crippen molar-refractivity contribution in [2.24, 2.45) is 11.7 Å². The molecule has 1 unspecified atom stereocenters. The zero-order valence-corrected chi connectivity index (χ0v) is 10.4. The van der Waals surface area contributed by atoms with Gasteiger partial charge in [0.15, 0.2) is 0 Å². The van der Waals surface area contributed by atoms with E-state index in [-0.39, 0.29) is 6.04 Å². The number of ether oxygens (including phenoxy) is 3. The topological polar surface area (TPSA) is 53.7 Å². The largest absolute Gasteiger partial charge is 0.493 e. The summed E-state index contributed by atoms with van der Waals surface area (Å²) in [4.78, 5) is 0. The van der Waals surface area contributed by atoms with Gasteiger partial charge in [0.2, 0.25) is 0 Å². The van der Waals surface area contributed by atoms with Crippen molar-refractivity contribution in [3.63, 3.8) is 0 Å². The fraction of sp³-hybridized carbons (Fsp3) is 0.571. The third-order valence-electron chi connectivity index (χ3n) is 3.63. The van der Waals surface area contributed by atoms with Crippen molar-refractivity contribution in [3.8, 4) is 11.5 Å². The van der Waals surface area contributed by atoms with Crippen LogP contribution in [0.3, 0.4) is 0 Å². The van der Waals surface area contributed by atoms with Gasteiger partial charge in [0.25, 0.3) is 0 Å². The van der Waals surface area contributed by atoms with Gasteiger partial charge in [-0.1, -0.05) is 0 Å². The second kappa shape index (κ2) is 5.16. The Kier molecular flexibility index (Phi) is 3.39. The highest BCUT2D eigenvalue weighted by molar-refractivity contribution is 5.44. The molecule has 0 bridgehead atoms.